The minimum atomic E-state index is -1.86. The van der Waals surface area contributed by atoms with Crippen molar-refractivity contribution in [1.29, 1.82) is 0 Å². The molecule has 4 rings (SSSR count). The molecule has 0 bridgehead atoms. The van der Waals surface area contributed by atoms with Crippen molar-refractivity contribution in [2.75, 3.05) is 0 Å². The van der Waals surface area contributed by atoms with Gasteiger partial charge in [-0.05, 0) is 58.7 Å². The highest BCUT2D eigenvalue weighted by atomic mass is 28.3. The van der Waals surface area contributed by atoms with Crippen LogP contribution in [-0.4, -0.2) is 8.07 Å². The van der Waals surface area contributed by atoms with Crippen LogP contribution in [0.5, 0.6) is 0 Å². The summed E-state index contributed by atoms with van der Waals surface area (Å²) < 4.78 is 0. The van der Waals surface area contributed by atoms with E-state index in [-0.39, 0.29) is 0 Å². The molecule has 0 nitrogen and oxygen atoms in total. The Labute approximate surface area is 180 Å². The largest absolute Gasteiger partial charge is 0.0684 e. The third-order valence-corrected chi connectivity index (χ3v) is 10.5. The Morgan fingerprint density at radius 3 is 1.21 bits per heavy atom. The zero-order valence-corrected chi connectivity index (χ0v) is 19.4. The van der Waals surface area contributed by atoms with E-state index in [0.29, 0.717) is 0 Å². The van der Waals surface area contributed by atoms with Gasteiger partial charge in [0.25, 0.3) is 0 Å². The molecular formula is C28H30Si. The number of rotatable bonds is 4. The van der Waals surface area contributed by atoms with Gasteiger partial charge in [-0.15, -0.1) is 0 Å². The minimum Gasteiger partial charge on any atom is -0.0684 e. The van der Waals surface area contributed by atoms with Crippen LogP contribution in [0.2, 0.25) is 13.1 Å². The van der Waals surface area contributed by atoms with Crippen molar-refractivity contribution in [2.45, 2.75) is 40.8 Å². The Morgan fingerprint density at radius 2 is 0.862 bits per heavy atom. The van der Waals surface area contributed by atoms with Crippen LogP contribution in [0.15, 0.2) is 60.7 Å². The zero-order valence-electron chi connectivity index (χ0n) is 18.4. The summed E-state index contributed by atoms with van der Waals surface area (Å²) in [4.78, 5) is 0. The lowest BCUT2D eigenvalue weighted by Gasteiger charge is -2.43. The van der Waals surface area contributed by atoms with Crippen LogP contribution in [0.4, 0.5) is 0 Å². The summed E-state index contributed by atoms with van der Waals surface area (Å²) in [5, 5.41) is 0. The van der Waals surface area contributed by atoms with Crippen LogP contribution in [-0.2, 0) is 0 Å². The second-order valence-corrected chi connectivity index (χ2v) is 13.1. The van der Waals surface area contributed by atoms with Gasteiger partial charge in [0.2, 0.25) is 0 Å². The van der Waals surface area contributed by atoms with Crippen LogP contribution < -0.4 is 0 Å². The SMILES string of the molecule is C[C]1[CH][C](c2ccccc2)[C](C)[C]1[Si](C)(C)[C]1[C](C)[CH][C](c2ccccc2)[C]1C. The normalized spacial score (nSPS) is 22.8. The van der Waals surface area contributed by atoms with E-state index >= 15 is 0 Å². The lowest BCUT2D eigenvalue weighted by Crippen LogP contribution is -2.47. The van der Waals surface area contributed by atoms with Crippen LogP contribution in [0.1, 0.15) is 38.8 Å². The lowest BCUT2D eigenvalue weighted by atomic mass is 9.90. The predicted molar refractivity (Wildman–Crippen MR) is 126 cm³/mol. The highest BCUT2D eigenvalue weighted by molar-refractivity contribution is 6.90. The molecule has 0 aromatic heterocycles. The second-order valence-electron chi connectivity index (χ2n) is 8.84. The number of hydrogen-bond donors (Lipinski definition) is 0. The van der Waals surface area contributed by atoms with Gasteiger partial charge < -0.3 is 0 Å². The fraction of sp³-hybridized carbons (Fsp3) is 0.214. The molecule has 2 fully saturated rings. The van der Waals surface area contributed by atoms with Gasteiger partial charge in [0.15, 0.2) is 0 Å². The van der Waals surface area contributed by atoms with E-state index < -0.39 is 8.07 Å². The Bertz CT molecular complexity index is 728. The van der Waals surface area contributed by atoms with Gasteiger partial charge >= 0.3 is 0 Å². The van der Waals surface area contributed by atoms with E-state index in [1.165, 1.54) is 46.6 Å². The molecule has 146 valence electrons. The molecule has 0 saturated heterocycles. The highest BCUT2D eigenvalue weighted by Crippen LogP contribution is 2.61. The predicted octanol–water partition coefficient (Wildman–Crippen LogP) is 6.98. The molecule has 0 aliphatic heterocycles. The smallest absolute Gasteiger partial charge is 0.0633 e. The summed E-state index contributed by atoms with van der Waals surface area (Å²) >= 11 is 0. The molecule has 0 N–H and O–H groups in total. The van der Waals surface area contributed by atoms with Crippen molar-refractivity contribution in [1.82, 2.24) is 0 Å². The summed E-state index contributed by atoms with van der Waals surface area (Å²) in [6.07, 6.45) is 4.81. The van der Waals surface area contributed by atoms with Crippen molar-refractivity contribution < 1.29 is 0 Å². The molecule has 0 heterocycles. The fourth-order valence-corrected chi connectivity index (χ4v) is 10.0. The lowest BCUT2D eigenvalue weighted by molar-refractivity contribution is 1.01. The Morgan fingerprint density at radius 1 is 0.517 bits per heavy atom. The molecule has 0 unspecified atom stereocenters. The monoisotopic (exact) mass is 394 g/mol. The number of benzene rings is 2. The van der Waals surface area contributed by atoms with Gasteiger partial charge in [0, 0.05) is 11.8 Å². The Kier molecular flexibility index (Phi) is 5.81. The van der Waals surface area contributed by atoms with Gasteiger partial charge in [0.1, 0.15) is 0 Å². The van der Waals surface area contributed by atoms with Gasteiger partial charge in [-0.1, -0.05) is 101 Å². The summed E-state index contributed by atoms with van der Waals surface area (Å²) in [6.45, 7) is 14.3. The van der Waals surface area contributed by atoms with Crippen molar-refractivity contribution in [3.63, 3.8) is 0 Å². The minimum absolute atomic E-state index is 1.32. The van der Waals surface area contributed by atoms with Gasteiger partial charge in [-0.25, -0.2) is 0 Å². The van der Waals surface area contributed by atoms with E-state index in [2.05, 4.69) is 114 Å². The molecule has 1 heteroatoms. The van der Waals surface area contributed by atoms with E-state index in [4.69, 9.17) is 0 Å². The maximum absolute atomic E-state index is 2.53. The van der Waals surface area contributed by atoms with E-state index in [1.54, 1.807) is 11.1 Å². The Hall–Kier alpha value is -1.34. The average Bonchev–Trinajstić information content (AvgIpc) is 3.18. The molecular weight excluding hydrogens is 364 g/mol. The van der Waals surface area contributed by atoms with Crippen molar-refractivity contribution >= 4 is 8.07 Å². The molecule has 2 saturated carbocycles. The summed E-state index contributed by atoms with van der Waals surface area (Å²) in [5.74, 6) is 8.60. The van der Waals surface area contributed by atoms with Crippen LogP contribution in [0.3, 0.4) is 0 Å². The third kappa shape index (κ3) is 3.65. The molecule has 0 atom stereocenters. The Balaban J connectivity index is 1.60. The van der Waals surface area contributed by atoms with Crippen molar-refractivity contribution in [3.8, 4) is 0 Å². The first-order valence-electron chi connectivity index (χ1n) is 10.5. The fourth-order valence-electron chi connectivity index (χ4n) is 5.54. The first-order chi connectivity index (χ1) is 13.8. The summed E-state index contributed by atoms with van der Waals surface area (Å²) in [5.41, 5.74) is 5.86. The van der Waals surface area contributed by atoms with Crippen LogP contribution in [0, 0.1) is 59.4 Å². The molecule has 2 aromatic rings. The molecule has 2 aliphatic rings. The summed E-state index contributed by atoms with van der Waals surface area (Å²) in [6, 6.07) is 21.6. The maximum atomic E-state index is 2.53. The molecule has 29 heavy (non-hydrogen) atoms. The zero-order chi connectivity index (χ0) is 20.8. The number of hydrogen-bond acceptors (Lipinski definition) is 0. The van der Waals surface area contributed by atoms with Crippen molar-refractivity contribution in [3.05, 3.63) is 131 Å². The third-order valence-electron chi connectivity index (χ3n) is 6.49. The van der Waals surface area contributed by atoms with E-state index in [1.807, 2.05) is 0 Å². The van der Waals surface area contributed by atoms with Crippen LogP contribution in [0.25, 0.3) is 0 Å². The van der Waals surface area contributed by atoms with Crippen LogP contribution >= 0.6 is 0 Å². The first kappa shape index (κ1) is 20.9. The molecule has 10 radical (unpaired) electrons. The molecule has 2 aliphatic carbocycles. The maximum Gasteiger partial charge on any atom is 0.0633 e. The second kappa shape index (κ2) is 8.06. The summed E-state index contributed by atoms with van der Waals surface area (Å²) in [7, 11) is -1.86. The first-order valence-corrected chi connectivity index (χ1v) is 13.5. The molecule has 0 spiro atoms. The van der Waals surface area contributed by atoms with Gasteiger partial charge in [0.05, 0.1) is 8.07 Å². The molecule has 0 amide bonds. The molecule has 2 aromatic carbocycles. The van der Waals surface area contributed by atoms with E-state index in [9.17, 15) is 0 Å². The average molecular weight is 395 g/mol. The topological polar surface area (TPSA) is 0 Å². The van der Waals surface area contributed by atoms with Gasteiger partial charge in [-0.3, -0.25) is 0 Å². The van der Waals surface area contributed by atoms with Gasteiger partial charge in [-0.2, -0.15) is 0 Å². The highest BCUT2D eigenvalue weighted by Gasteiger charge is 2.57. The standard InChI is InChI=1S/C28H30Si/c1-19-17-25(23-13-9-7-10-14-23)21(3)27(19)29(5,6)28-20(2)18-26(22(28)4)24-15-11-8-12-16-24/h7-18H,1-6H3. The quantitative estimate of drug-likeness (QED) is 0.491. The van der Waals surface area contributed by atoms with E-state index in [0.717, 1.165) is 0 Å². The van der Waals surface area contributed by atoms with Crippen molar-refractivity contribution in [2.24, 2.45) is 0 Å².